The second-order valence-electron chi connectivity index (χ2n) is 8.62. The molecule has 0 aliphatic carbocycles. The first-order valence-corrected chi connectivity index (χ1v) is 11.5. The van der Waals surface area contributed by atoms with Crippen LogP contribution in [0.4, 0.5) is 0 Å². The highest BCUT2D eigenvalue weighted by molar-refractivity contribution is 6.30. The topological polar surface area (TPSA) is 61.3 Å². The molecule has 0 spiro atoms. The summed E-state index contributed by atoms with van der Waals surface area (Å²) in [6, 6.07) is 15.9. The number of likely N-dealkylation sites (tertiary alicyclic amines) is 2. The second-order valence-corrected chi connectivity index (χ2v) is 9.05. The zero-order valence-electron chi connectivity index (χ0n) is 17.5. The molecule has 1 amide bonds. The second kappa shape index (κ2) is 8.52. The Morgan fingerprint density at radius 3 is 2.35 bits per heavy atom. The van der Waals surface area contributed by atoms with Gasteiger partial charge in [-0.05, 0) is 56.0 Å². The number of aromatic nitrogens is 2. The van der Waals surface area contributed by atoms with Crippen LogP contribution in [0.25, 0.3) is 11.0 Å². The third kappa shape index (κ3) is 4.02. The van der Waals surface area contributed by atoms with Gasteiger partial charge in [-0.1, -0.05) is 29.8 Å². The maximum Gasteiger partial charge on any atom is 0.326 e. The summed E-state index contributed by atoms with van der Waals surface area (Å²) in [4.78, 5) is 32.8. The van der Waals surface area contributed by atoms with Gasteiger partial charge in [-0.25, -0.2) is 4.79 Å². The molecule has 0 unspecified atom stereocenters. The summed E-state index contributed by atoms with van der Waals surface area (Å²) in [5, 5.41) is 0.595. The summed E-state index contributed by atoms with van der Waals surface area (Å²) in [5.74, 6) is 0.0679. The summed E-state index contributed by atoms with van der Waals surface area (Å²) < 4.78 is 1.94. The number of carbonyl (C=O) groups is 1. The van der Waals surface area contributed by atoms with Crippen LogP contribution in [0.1, 0.15) is 42.1 Å². The number of halogens is 1. The van der Waals surface area contributed by atoms with Crippen LogP contribution in [0, 0.1) is 0 Å². The van der Waals surface area contributed by atoms with E-state index in [1.54, 1.807) is 12.1 Å². The van der Waals surface area contributed by atoms with E-state index in [1.807, 2.05) is 45.9 Å². The molecule has 1 aromatic heterocycles. The van der Waals surface area contributed by atoms with Gasteiger partial charge >= 0.3 is 5.69 Å². The predicted octanol–water partition coefficient (Wildman–Crippen LogP) is 3.92. The lowest BCUT2D eigenvalue weighted by molar-refractivity contribution is 0.0558. The number of H-pyrrole nitrogens is 1. The molecule has 0 saturated carbocycles. The Bertz CT molecular complexity index is 1140. The summed E-state index contributed by atoms with van der Waals surface area (Å²) in [6.45, 7) is 3.53. The molecule has 3 aromatic rings. The molecule has 2 aliphatic rings. The van der Waals surface area contributed by atoms with Crippen LogP contribution in [-0.4, -0.2) is 57.5 Å². The van der Waals surface area contributed by atoms with E-state index >= 15 is 0 Å². The van der Waals surface area contributed by atoms with Gasteiger partial charge in [0.25, 0.3) is 5.91 Å². The van der Waals surface area contributed by atoms with Gasteiger partial charge < -0.3 is 14.8 Å². The van der Waals surface area contributed by atoms with Crippen molar-refractivity contribution in [3.63, 3.8) is 0 Å². The smallest absolute Gasteiger partial charge is 0.326 e. The lowest BCUT2D eigenvalue weighted by Crippen LogP contribution is -2.49. The highest BCUT2D eigenvalue weighted by Crippen LogP contribution is 2.28. The lowest BCUT2D eigenvalue weighted by atomic mass is 9.97. The minimum absolute atomic E-state index is 0.00696. The molecule has 2 aromatic carbocycles. The third-order valence-corrected chi connectivity index (χ3v) is 7.06. The number of hydrogen-bond acceptors (Lipinski definition) is 3. The molecule has 0 radical (unpaired) electrons. The largest absolute Gasteiger partial charge is 0.339 e. The standard InChI is InChI=1S/C24H27ClN4O2/c25-18-5-3-4-17(16-18)23(30)28-14-8-19(9-15-28)27-12-10-20(11-13-27)29-22-7-2-1-6-21(22)26-24(29)31/h1-7,16,19-20H,8-15H2,(H,26,31). The van der Waals surface area contributed by atoms with E-state index in [2.05, 4.69) is 9.88 Å². The van der Waals surface area contributed by atoms with Gasteiger partial charge in [0.2, 0.25) is 0 Å². The molecule has 3 heterocycles. The van der Waals surface area contributed by atoms with Crippen LogP contribution < -0.4 is 5.69 Å². The maximum absolute atomic E-state index is 12.8. The third-order valence-electron chi connectivity index (χ3n) is 6.83. The molecule has 2 fully saturated rings. The van der Waals surface area contributed by atoms with Gasteiger partial charge in [0.15, 0.2) is 0 Å². The number of imidazole rings is 1. The molecule has 2 saturated heterocycles. The van der Waals surface area contributed by atoms with E-state index in [-0.39, 0.29) is 17.6 Å². The Morgan fingerprint density at radius 2 is 1.61 bits per heavy atom. The van der Waals surface area contributed by atoms with Crippen molar-refractivity contribution in [1.82, 2.24) is 19.4 Å². The van der Waals surface area contributed by atoms with E-state index in [0.717, 1.165) is 62.9 Å². The first kappa shape index (κ1) is 20.3. The fourth-order valence-corrected chi connectivity index (χ4v) is 5.37. The molecule has 0 bridgehead atoms. The number of benzene rings is 2. The molecule has 6 nitrogen and oxygen atoms in total. The number of rotatable bonds is 3. The summed E-state index contributed by atoms with van der Waals surface area (Å²) in [5.41, 5.74) is 2.56. The number of carbonyl (C=O) groups excluding carboxylic acids is 1. The van der Waals surface area contributed by atoms with Crippen molar-refractivity contribution in [3.8, 4) is 0 Å². The van der Waals surface area contributed by atoms with E-state index < -0.39 is 0 Å². The average Bonchev–Trinajstić information content (AvgIpc) is 3.14. The monoisotopic (exact) mass is 438 g/mol. The van der Waals surface area contributed by atoms with Crippen molar-refractivity contribution in [2.45, 2.75) is 37.8 Å². The van der Waals surface area contributed by atoms with Gasteiger partial charge in [0.05, 0.1) is 11.0 Å². The molecule has 0 atom stereocenters. The molecule has 31 heavy (non-hydrogen) atoms. The van der Waals surface area contributed by atoms with Crippen molar-refractivity contribution in [2.75, 3.05) is 26.2 Å². The molecule has 162 valence electrons. The summed E-state index contributed by atoms with van der Waals surface area (Å²) in [7, 11) is 0. The molecule has 2 aliphatic heterocycles. The van der Waals surface area contributed by atoms with Crippen LogP contribution in [0.3, 0.4) is 0 Å². The van der Waals surface area contributed by atoms with Gasteiger partial charge in [-0.2, -0.15) is 0 Å². The van der Waals surface area contributed by atoms with Crippen molar-refractivity contribution in [2.24, 2.45) is 0 Å². The highest BCUT2D eigenvalue weighted by Gasteiger charge is 2.31. The number of fused-ring (bicyclic) bond motifs is 1. The maximum atomic E-state index is 12.8. The van der Waals surface area contributed by atoms with Crippen molar-refractivity contribution in [3.05, 3.63) is 69.6 Å². The normalized spacial score (nSPS) is 19.2. The minimum atomic E-state index is -0.00696. The molecule has 5 rings (SSSR count). The first-order chi connectivity index (χ1) is 15.1. The number of piperidine rings is 2. The van der Waals surface area contributed by atoms with Crippen molar-refractivity contribution < 1.29 is 4.79 Å². The molecular weight excluding hydrogens is 412 g/mol. The average molecular weight is 439 g/mol. The van der Waals surface area contributed by atoms with E-state index in [9.17, 15) is 9.59 Å². The van der Waals surface area contributed by atoms with E-state index in [1.165, 1.54) is 0 Å². The van der Waals surface area contributed by atoms with E-state index in [0.29, 0.717) is 16.6 Å². The zero-order valence-corrected chi connectivity index (χ0v) is 18.2. The predicted molar refractivity (Wildman–Crippen MR) is 123 cm³/mol. The number of nitrogens with one attached hydrogen (secondary N) is 1. The fourth-order valence-electron chi connectivity index (χ4n) is 5.18. The fraction of sp³-hybridized carbons (Fsp3) is 0.417. The number of aromatic amines is 1. The summed E-state index contributed by atoms with van der Waals surface area (Å²) >= 11 is 6.04. The molecular formula is C24H27ClN4O2. The Hall–Kier alpha value is -2.57. The highest BCUT2D eigenvalue weighted by atomic mass is 35.5. The Kier molecular flexibility index (Phi) is 5.59. The Morgan fingerprint density at radius 1 is 0.903 bits per heavy atom. The van der Waals surface area contributed by atoms with Crippen LogP contribution in [0.15, 0.2) is 53.3 Å². The van der Waals surface area contributed by atoms with Gasteiger partial charge in [0, 0.05) is 48.8 Å². The SMILES string of the molecule is O=C(c1cccc(Cl)c1)N1CCC(N2CCC(n3c(=O)[nH]c4ccccc43)CC2)CC1. The summed E-state index contributed by atoms with van der Waals surface area (Å²) in [6.07, 6.45) is 3.93. The Labute approximate surface area is 186 Å². The van der Waals surface area contributed by atoms with Gasteiger partial charge in [-0.15, -0.1) is 0 Å². The lowest BCUT2D eigenvalue weighted by Gasteiger charge is -2.42. The molecule has 7 heteroatoms. The Balaban J connectivity index is 1.18. The number of para-hydroxylation sites is 2. The quantitative estimate of drug-likeness (QED) is 0.674. The van der Waals surface area contributed by atoms with Gasteiger partial charge in [0.1, 0.15) is 0 Å². The van der Waals surface area contributed by atoms with Crippen molar-refractivity contribution in [1.29, 1.82) is 0 Å². The van der Waals surface area contributed by atoms with E-state index in [4.69, 9.17) is 11.6 Å². The van der Waals surface area contributed by atoms with Crippen LogP contribution in [-0.2, 0) is 0 Å². The number of hydrogen-bond donors (Lipinski definition) is 1. The molecule has 1 N–H and O–H groups in total. The van der Waals surface area contributed by atoms with Gasteiger partial charge in [-0.3, -0.25) is 9.36 Å². The number of nitrogens with zero attached hydrogens (tertiary/aromatic N) is 3. The van der Waals surface area contributed by atoms with Crippen molar-refractivity contribution >= 4 is 28.5 Å². The number of amides is 1. The minimum Gasteiger partial charge on any atom is -0.339 e. The first-order valence-electron chi connectivity index (χ1n) is 11.1. The van der Waals surface area contributed by atoms with Crippen LogP contribution in [0.5, 0.6) is 0 Å². The van der Waals surface area contributed by atoms with Crippen LogP contribution >= 0.6 is 11.6 Å². The zero-order chi connectivity index (χ0) is 21.4. The van der Waals surface area contributed by atoms with Crippen LogP contribution in [0.2, 0.25) is 5.02 Å².